The number of nitrogens with zero attached hydrogens (tertiary/aromatic N) is 1. The van der Waals surface area contributed by atoms with Gasteiger partial charge in [0.2, 0.25) is 0 Å². The van der Waals surface area contributed by atoms with Crippen LogP contribution in [0.15, 0.2) is 16.7 Å². The highest BCUT2D eigenvalue weighted by Gasteiger charge is 2.52. The molecule has 92 valence electrons. The van der Waals surface area contributed by atoms with Crippen LogP contribution in [0.3, 0.4) is 0 Å². The summed E-state index contributed by atoms with van der Waals surface area (Å²) in [5.74, 6) is 0.470. The van der Waals surface area contributed by atoms with Crippen molar-refractivity contribution in [2.75, 3.05) is 5.73 Å². The Labute approximate surface area is 110 Å². The summed E-state index contributed by atoms with van der Waals surface area (Å²) in [6.07, 6.45) is 1.68. The highest BCUT2D eigenvalue weighted by molar-refractivity contribution is 9.10. The van der Waals surface area contributed by atoms with Crippen molar-refractivity contribution in [1.82, 2.24) is 4.98 Å². The molecule has 0 aliphatic carbocycles. The van der Waals surface area contributed by atoms with Crippen molar-refractivity contribution < 1.29 is 9.31 Å². The Bertz CT molecular complexity index is 435. The number of pyridine rings is 1. The summed E-state index contributed by atoms with van der Waals surface area (Å²) in [5.41, 5.74) is 5.77. The molecule has 0 unspecified atom stereocenters. The van der Waals surface area contributed by atoms with Crippen LogP contribution in [0, 0.1) is 0 Å². The SMILES string of the molecule is CC1(C)OB(c2cnc(N)cc2Br)OC1(C)C. The van der Waals surface area contributed by atoms with Gasteiger partial charge in [-0.05, 0) is 33.8 Å². The molecule has 0 saturated carbocycles. The van der Waals surface area contributed by atoms with Crippen LogP contribution in [0.4, 0.5) is 5.82 Å². The molecule has 1 aromatic heterocycles. The molecular formula is C11H16BBrN2O2. The highest BCUT2D eigenvalue weighted by Crippen LogP contribution is 2.36. The zero-order valence-corrected chi connectivity index (χ0v) is 12.0. The van der Waals surface area contributed by atoms with Gasteiger partial charge in [0.05, 0.1) is 11.2 Å². The average molecular weight is 299 g/mol. The van der Waals surface area contributed by atoms with E-state index in [4.69, 9.17) is 15.0 Å². The molecule has 0 bridgehead atoms. The van der Waals surface area contributed by atoms with E-state index in [9.17, 15) is 0 Å². The van der Waals surface area contributed by atoms with E-state index < -0.39 is 7.12 Å². The lowest BCUT2D eigenvalue weighted by molar-refractivity contribution is 0.00578. The first kappa shape index (κ1) is 12.9. The third-order valence-electron chi connectivity index (χ3n) is 3.41. The Balaban J connectivity index is 2.32. The number of anilines is 1. The van der Waals surface area contributed by atoms with Gasteiger partial charge in [-0.25, -0.2) is 4.98 Å². The van der Waals surface area contributed by atoms with Gasteiger partial charge in [-0.2, -0.15) is 0 Å². The molecule has 0 spiro atoms. The smallest absolute Gasteiger partial charge is 0.399 e. The second-order valence-electron chi connectivity index (χ2n) is 5.22. The largest absolute Gasteiger partial charge is 0.497 e. The number of rotatable bonds is 1. The van der Waals surface area contributed by atoms with Crippen LogP contribution in [0.1, 0.15) is 27.7 Å². The Morgan fingerprint density at radius 3 is 2.24 bits per heavy atom. The summed E-state index contributed by atoms with van der Waals surface area (Å²) >= 11 is 3.45. The maximum atomic E-state index is 5.94. The Morgan fingerprint density at radius 1 is 1.24 bits per heavy atom. The Kier molecular flexibility index (Phi) is 3.00. The second-order valence-corrected chi connectivity index (χ2v) is 6.07. The van der Waals surface area contributed by atoms with Gasteiger partial charge in [-0.1, -0.05) is 15.9 Å². The average Bonchev–Trinajstić information content (AvgIpc) is 2.35. The molecule has 4 nitrogen and oxygen atoms in total. The molecule has 1 aliphatic heterocycles. The summed E-state index contributed by atoms with van der Waals surface area (Å²) in [5, 5.41) is 0. The normalized spacial score (nSPS) is 21.8. The molecule has 2 heterocycles. The summed E-state index contributed by atoms with van der Waals surface area (Å²) < 4.78 is 12.7. The van der Waals surface area contributed by atoms with Crippen molar-refractivity contribution in [1.29, 1.82) is 0 Å². The molecule has 2 rings (SSSR count). The first-order valence-electron chi connectivity index (χ1n) is 5.49. The standard InChI is InChI=1S/C11H16BBrN2O2/c1-10(2)11(3,4)17-12(16-10)7-6-15-9(14)5-8(7)13/h5-6H,1-4H3,(H2,14,15). The van der Waals surface area contributed by atoms with Crippen LogP contribution in [0.5, 0.6) is 0 Å². The van der Waals surface area contributed by atoms with Gasteiger partial charge < -0.3 is 15.0 Å². The van der Waals surface area contributed by atoms with E-state index in [0.29, 0.717) is 5.82 Å². The van der Waals surface area contributed by atoms with Crippen LogP contribution in [0.2, 0.25) is 0 Å². The van der Waals surface area contributed by atoms with Gasteiger partial charge in [0.25, 0.3) is 0 Å². The first-order chi connectivity index (χ1) is 7.73. The third-order valence-corrected chi connectivity index (χ3v) is 4.10. The van der Waals surface area contributed by atoms with Crippen molar-refractivity contribution in [3.63, 3.8) is 0 Å². The number of nitrogens with two attached hydrogens (primary N) is 1. The minimum atomic E-state index is -0.414. The fourth-order valence-corrected chi connectivity index (χ4v) is 2.12. The minimum Gasteiger partial charge on any atom is -0.399 e. The summed E-state index contributed by atoms with van der Waals surface area (Å²) in [6, 6.07) is 1.75. The Hall–Kier alpha value is -0.585. The van der Waals surface area contributed by atoms with Gasteiger partial charge in [0, 0.05) is 16.1 Å². The topological polar surface area (TPSA) is 57.4 Å². The van der Waals surface area contributed by atoms with Crippen LogP contribution in [-0.2, 0) is 9.31 Å². The molecule has 0 aromatic carbocycles. The van der Waals surface area contributed by atoms with E-state index in [2.05, 4.69) is 20.9 Å². The van der Waals surface area contributed by atoms with Crippen LogP contribution in [0.25, 0.3) is 0 Å². The van der Waals surface area contributed by atoms with E-state index in [-0.39, 0.29) is 11.2 Å². The maximum absolute atomic E-state index is 5.94. The number of hydrogen-bond acceptors (Lipinski definition) is 4. The van der Waals surface area contributed by atoms with E-state index in [1.807, 2.05) is 27.7 Å². The molecule has 1 fully saturated rings. The number of halogens is 1. The summed E-state index contributed by atoms with van der Waals surface area (Å²) in [7, 11) is -0.414. The molecule has 6 heteroatoms. The van der Waals surface area contributed by atoms with E-state index in [0.717, 1.165) is 9.94 Å². The van der Waals surface area contributed by atoms with Crippen molar-refractivity contribution in [3.05, 3.63) is 16.7 Å². The lowest BCUT2D eigenvalue weighted by Gasteiger charge is -2.32. The van der Waals surface area contributed by atoms with E-state index >= 15 is 0 Å². The van der Waals surface area contributed by atoms with E-state index in [1.54, 1.807) is 12.3 Å². The van der Waals surface area contributed by atoms with Crippen molar-refractivity contribution in [2.45, 2.75) is 38.9 Å². The predicted octanol–water partition coefficient (Wildman–Crippen LogP) is 1.73. The van der Waals surface area contributed by atoms with Crippen LogP contribution < -0.4 is 11.2 Å². The molecule has 1 aromatic rings. The summed E-state index contributed by atoms with van der Waals surface area (Å²) in [6.45, 7) is 8.08. The lowest BCUT2D eigenvalue weighted by atomic mass is 9.80. The highest BCUT2D eigenvalue weighted by atomic mass is 79.9. The van der Waals surface area contributed by atoms with Gasteiger partial charge in [-0.15, -0.1) is 0 Å². The van der Waals surface area contributed by atoms with E-state index in [1.165, 1.54) is 0 Å². The van der Waals surface area contributed by atoms with Crippen molar-refractivity contribution >= 4 is 34.3 Å². The summed E-state index contributed by atoms with van der Waals surface area (Å²) in [4.78, 5) is 4.07. The van der Waals surface area contributed by atoms with Gasteiger partial charge in [0.1, 0.15) is 5.82 Å². The molecule has 17 heavy (non-hydrogen) atoms. The molecule has 0 amide bonds. The van der Waals surface area contributed by atoms with Crippen molar-refractivity contribution in [3.8, 4) is 0 Å². The minimum absolute atomic E-state index is 0.349. The van der Waals surface area contributed by atoms with Crippen LogP contribution in [-0.4, -0.2) is 23.3 Å². The molecule has 2 N–H and O–H groups in total. The monoisotopic (exact) mass is 298 g/mol. The quantitative estimate of drug-likeness (QED) is 0.802. The first-order valence-corrected chi connectivity index (χ1v) is 6.29. The number of hydrogen-bond donors (Lipinski definition) is 1. The lowest BCUT2D eigenvalue weighted by Crippen LogP contribution is -2.41. The second kappa shape index (κ2) is 3.97. The third kappa shape index (κ3) is 2.21. The van der Waals surface area contributed by atoms with Crippen LogP contribution >= 0.6 is 15.9 Å². The zero-order chi connectivity index (χ0) is 12.8. The molecule has 1 aliphatic rings. The fourth-order valence-electron chi connectivity index (χ4n) is 1.60. The molecular weight excluding hydrogens is 283 g/mol. The Morgan fingerprint density at radius 2 is 1.76 bits per heavy atom. The van der Waals surface area contributed by atoms with Gasteiger partial charge >= 0.3 is 7.12 Å². The van der Waals surface area contributed by atoms with Crippen molar-refractivity contribution in [2.24, 2.45) is 0 Å². The molecule has 0 atom stereocenters. The number of aromatic nitrogens is 1. The maximum Gasteiger partial charge on any atom is 0.497 e. The predicted molar refractivity (Wildman–Crippen MR) is 72.1 cm³/mol. The van der Waals surface area contributed by atoms with Gasteiger partial charge in [0.15, 0.2) is 0 Å². The zero-order valence-electron chi connectivity index (χ0n) is 10.5. The fraction of sp³-hybridized carbons (Fsp3) is 0.545. The number of nitrogen functional groups attached to an aromatic ring is 1. The molecule has 1 saturated heterocycles. The van der Waals surface area contributed by atoms with Gasteiger partial charge in [-0.3, -0.25) is 0 Å². The molecule has 0 radical (unpaired) electrons.